The summed E-state index contributed by atoms with van der Waals surface area (Å²) in [6.07, 6.45) is 8.98. The van der Waals surface area contributed by atoms with Crippen molar-refractivity contribution in [3.63, 3.8) is 0 Å². The molecule has 1 aliphatic heterocycles. The molecule has 1 aromatic rings. The summed E-state index contributed by atoms with van der Waals surface area (Å²) in [5, 5.41) is 9.19. The summed E-state index contributed by atoms with van der Waals surface area (Å²) in [5.41, 5.74) is 6.52. The second kappa shape index (κ2) is 5.31. The highest BCUT2D eigenvalue weighted by Crippen LogP contribution is 2.39. The molecule has 0 spiro atoms. The average Bonchev–Trinajstić information content (AvgIpc) is 2.47. The van der Waals surface area contributed by atoms with E-state index >= 15 is 0 Å². The Hall–Kier alpha value is -1.78. The third kappa shape index (κ3) is 2.21. The number of hydrogen-bond donors (Lipinski definition) is 2. The highest BCUT2D eigenvalue weighted by molar-refractivity contribution is 5.96. The third-order valence-corrected chi connectivity index (χ3v) is 4.71. The van der Waals surface area contributed by atoms with E-state index < -0.39 is 5.97 Å². The summed E-state index contributed by atoms with van der Waals surface area (Å²) in [6, 6.07) is 1.96. The van der Waals surface area contributed by atoms with Gasteiger partial charge in [0, 0.05) is 18.8 Å². The summed E-state index contributed by atoms with van der Waals surface area (Å²) in [7, 11) is 0. The van der Waals surface area contributed by atoms with E-state index in [1.807, 2.05) is 0 Å². The lowest BCUT2D eigenvalue weighted by Crippen LogP contribution is -2.47. The summed E-state index contributed by atoms with van der Waals surface area (Å²) in [5.74, 6) is 0.400. The van der Waals surface area contributed by atoms with Crippen LogP contribution in [0.1, 0.15) is 48.9 Å². The fraction of sp³-hybridized carbons (Fsp3) is 0.600. The Bertz CT molecular complexity index is 516. The van der Waals surface area contributed by atoms with Crippen LogP contribution >= 0.6 is 0 Å². The van der Waals surface area contributed by atoms with Gasteiger partial charge in [-0.2, -0.15) is 0 Å². The number of aromatic nitrogens is 1. The minimum Gasteiger partial charge on any atom is -0.478 e. The van der Waals surface area contributed by atoms with E-state index in [9.17, 15) is 9.90 Å². The van der Waals surface area contributed by atoms with Crippen molar-refractivity contribution in [1.29, 1.82) is 0 Å². The van der Waals surface area contributed by atoms with Crippen LogP contribution in [0, 0.1) is 5.92 Å². The molecular weight excluding hydrogens is 254 g/mol. The van der Waals surface area contributed by atoms with E-state index in [0.717, 1.165) is 13.0 Å². The largest absolute Gasteiger partial charge is 0.478 e. The van der Waals surface area contributed by atoms with Crippen molar-refractivity contribution in [1.82, 2.24) is 4.98 Å². The van der Waals surface area contributed by atoms with Crippen LogP contribution in [0.15, 0.2) is 12.3 Å². The number of nitrogen functional groups attached to an aromatic ring is 1. The van der Waals surface area contributed by atoms with Crippen molar-refractivity contribution in [3.05, 3.63) is 17.8 Å². The smallest absolute Gasteiger partial charge is 0.337 e. The molecule has 2 heterocycles. The summed E-state index contributed by atoms with van der Waals surface area (Å²) in [6.45, 7) is 0.932. The van der Waals surface area contributed by atoms with Crippen LogP contribution < -0.4 is 10.6 Å². The zero-order valence-corrected chi connectivity index (χ0v) is 11.6. The minimum absolute atomic E-state index is 0.160. The number of rotatable bonds is 2. The molecule has 2 atom stereocenters. The van der Waals surface area contributed by atoms with Crippen molar-refractivity contribution in [2.24, 2.45) is 5.92 Å². The number of carboxylic acid groups (broad SMARTS) is 1. The highest BCUT2D eigenvalue weighted by atomic mass is 16.4. The number of carbonyl (C=O) groups is 1. The first-order valence-electron chi connectivity index (χ1n) is 7.43. The lowest BCUT2D eigenvalue weighted by Gasteiger charge is -2.45. The Morgan fingerprint density at radius 2 is 2.05 bits per heavy atom. The SMILES string of the molecule is Nc1c(C(=O)O)ccnc1N1CCC[C@H]2CCCC[C@H]21. The van der Waals surface area contributed by atoms with E-state index in [4.69, 9.17) is 5.73 Å². The van der Waals surface area contributed by atoms with E-state index in [1.54, 1.807) is 6.20 Å². The Labute approximate surface area is 118 Å². The van der Waals surface area contributed by atoms with Crippen molar-refractivity contribution < 1.29 is 9.90 Å². The van der Waals surface area contributed by atoms with Crippen LogP contribution in [0.5, 0.6) is 0 Å². The zero-order valence-electron chi connectivity index (χ0n) is 11.6. The molecule has 1 saturated heterocycles. The van der Waals surface area contributed by atoms with Crippen LogP contribution in [0.25, 0.3) is 0 Å². The molecule has 0 unspecified atom stereocenters. The van der Waals surface area contributed by atoms with Gasteiger partial charge in [-0.15, -0.1) is 0 Å². The quantitative estimate of drug-likeness (QED) is 0.867. The van der Waals surface area contributed by atoms with E-state index in [1.165, 1.54) is 38.2 Å². The van der Waals surface area contributed by atoms with Gasteiger partial charge in [-0.05, 0) is 37.7 Å². The number of anilines is 2. The maximum absolute atomic E-state index is 11.2. The molecule has 0 bridgehead atoms. The van der Waals surface area contributed by atoms with Gasteiger partial charge in [-0.25, -0.2) is 9.78 Å². The molecule has 2 fully saturated rings. The number of hydrogen-bond acceptors (Lipinski definition) is 4. The Morgan fingerprint density at radius 1 is 1.30 bits per heavy atom. The minimum atomic E-state index is -0.983. The second-order valence-electron chi connectivity index (χ2n) is 5.85. The standard InChI is InChI=1S/C15H21N3O2/c16-13-11(15(19)20)7-8-17-14(13)18-9-3-5-10-4-1-2-6-12(10)18/h7-8,10,12H,1-6,9,16H2,(H,19,20)/t10-,12-/m1/s1. The number of fused-ring (bicyclic) bond motifs is 1. The van der Waals surface area contributed by atoms with Crippen molar-refractivity contribution >= 4 is 17.5 Å². The van der Waals surface area contributed by atoms with Crippen molar-refractivity contribution in [3.8, 4) is 0 Å². The summed E-state index contributed by atoms with van der Waals surface area (Å²) >= 11 is 0. The first-order chi connectivity index (χ1) is 9.68. The first kappa shape index (κ1) is 13.2. The molecule has 108 valence electrons. The molecule has 1 saturated carbocycles. The van der Waals surface area contributed by atoms with E-state index in [0.29, 0.717) is 23.5 Å². The van der Waals surface area contributed by atoms with Crippen molar-refractivity contribution in [2.45, 2.75) is 44.6 Å². The normalized spacial score (nSPS) is 26.1. The molecule has 3 rings (SSSR count). The van der Waals surface area contributed by atoms with Gasteiger partial charge < -0.3 is 15.7 Å². The lowest BCUT2D eigenvalue weighted by atomic mass is 9.78. The predicted octanol–water partition coefficient (Wildman–Crippen LogP) is 2.52. The zero-order chi connectivity index (χ0) is 14.1. The van der Waals surface area contributed by atoms with Gasteiger partial charge in [0.05, 0.1) is 11.3 Å². The van der Waals surface area contributed by atoms with Gasteiger partial charge in [0.25, 0.3) is 0 Å². The number of aromatic carboxylic acids is 1. The molecule has 20 heavy (non-hydrogen) atoms. The van der Waals surface area contributed by atoms with Gasteiger partial charge >= 0.3 is 5.97 Å². The van der Waals surface area contributed by atoms with Crippen LogP contribution in [-0.2, 0) is 0 Å². The molecule has 2 aliphatic rings. The molecule has 5 heteroatoms. The monoisotopic (exact) mass is 275 g/mol. The van der Waals surface area contributed by atoms with Crippen LogP contribution in [-0.4, -0.2) is 28.6 Å². The Morgan fingerprint density at radius 3 is 2.85 bits per heavy atom. The third-order valence-electron chi connectivity index (χ3n) is 4.71. The van der Waals surface area contributed by atoms with E-state index in [2.05, 4.69) is 9.88 Å². The fourth-order valence-corrected chi connectivity index (χ4v) is 3.77. The van der Waals surface area contributed by atoms with Crippen LogP contribution in [0.4, 0.5) is 11.5 Å². The van der Waals surface area contributed by atoms with Gasteiger partial charge in [0.15, 0.2) is 5.82 Å². The molecule has 1 aliphatic carbocycles. The number of nitrogens with zero attached hydrogens (tertiary/aromatic N) is 2. The van der Waals surface area contributed by atoms with Crippen molar-refractivity contribution in [2.75, 3.05) is 17.2 Å². The van der Waals surface area contributed by atoms with Crippen LogP contribution in [0.2, 0.25) is 0 Å². The van der Waals surface area contributed by atoms with Crippen LogP contribution in [0.3, 0.4) is 0 Å². The maximum Gasteiger partial charge on any atom is 0.337 e. The first-order valence-corrected chi connectivity index (χ1v) is 7.43. The Balaban J connectivity index is 1.95. The lowest BCUT2D eigenvalue weighted by molar-refractivity contribution is 0.0698. The number of piperidine rings is 1. The van der Waals surface area contributed by atoms with E-state index in [-0.39, 0.29) is 5.56 Å². The number of nitrogens with two attached hydrogens (primary N) is 1. The molecular formula is C15H21N3O2. The molecule has 0 radical (unpaired) electrons. The second-order valence-corrected chi connectivity index (χ2v) is 5.85. The average molecular weight is 275 g/mol. The molecule has 5 nitrogen and oxygen atoms in total. The number of carboxylic acids is 1. The molecule has 0 amide bonds. The topological polar surface area (TPSA) is 79.5 Å². The maximum atomic E-state index is 11.2. The summed E-state index contributed by atoms with van der Waals surface area (Å²) in [4.78, 5) is 17.8. The number of pyridine rings is 1. The van der Waals surface area contributed by atoms with Gasteiger partial charge in [-0.3, -0.25) is 0 Å². The Kier molecular flexibility index (Phi) is 3.51. The molecule has 3 N–H and O–H groups in total. The molecule has 0 aromatic carbocycles. The van der Waals surface area contributed by atoms with Gasteiger partial charge in [0.1, 0.15) is 0 Å². The predicted molar refractivity (Wildman–Crippen MR) is 77.9 cm³/mol. The fourth-order valence-electron chi connectivity index (χ4n) is 3.77. The molecule has 1 aromatic heterocycles. The summed E-state index contributed by atoms with van der Waals surface area (Å²) < 4.78 is 0. The van der Waals surface area contributed by atoms with Gasteiger partial charge in [-0.1, -0.05) is 12.8 Å². The highest BCUT2D eigenvalue weighted by Gasteiger charge is 2.35. The van der Waals surface area contributed by atoms with Gasteiger partial charge in [0.2, 0.25) is 0 Å².